The minimum Gasteiger partial charge on any atom is -0.480 e. The lowest BCUT2D eigenvalue weighted by molar-refractivity contribution is -0.138. The molecule has 2 heterocycles. The molecule has 1 atom stereocenters. The van der Waals surface area contributed by atoms with Crippen LogP contribution in [0.4, 0.5) is 5.82 Å². The van der Waals surface area contributed by atoms with Crippen LogP contribution in [0.2, 0.25) is 0 Å². The number of nitrogens with one attached hydrogen (secondary N) is 3. The van der Waals surface area contributed by atoms with Gasteiger partial charge in [-0.25, -0.2) is 13.4 Å². The largest absolute Gasteiger partial charge is 0.480 e. The summed E-state index contributed by atoms with van der Waals surface area (Å²) >= 11 is 0. The van der Waals surface area contributed by atoms with Gasteiger partial charge in [0.25, 0.3) is 5.91 Å². The Kier molecular flexibility index (Phi) is 10.3. The number of benzene rings is 3. The summed E-state index contributed by atoms with van der Waals surface area (Å²) in [5.74, 6) is -1.13. The Hall–Kier alpha value is -5.07. The van der Waals surface area contributed by atoms with Crippen molar-refractivity contribution in [3.05, 3.63) is 119 Å². The first-order valence-electron chi connectivity index (χ1n) is 15.3. The standard InChI is InChI=1S/C35H38N6O5S/c1-23-18-24(2)33(25(3)19-23)47(45,46)40-30(35(43)44)21-38-34(42)27-14-15-28-29(12-9-17-37-32-13-7-8-16-36-32)39-41(31(28)20-27)22-26-10-5-4-6-11-26/h4-8,10-11,13-16,18-20,30,40H,9,12,17,21-22H2,1-3H3,(H,36,37)(H,38,42)(H,43,44)/t30-/m0/s1. The second kappa shape index (κ2) is 14.6. The Labute approximate surface area is 274 Å². The zero-order valence-electron chi connectivity index (χ0n) is 26.5. The molecule has 5 rings (SSSR count). The Balaban J connectivity index is 1.32. The van der Waals surface area contributed by atoms with Crippen molar-refractivity contribution in [2.45, 2.75) is 51.1 Å². The molecule has 0 spiro atoms. The number of amides is 1. The molecular formula is C35H38N6O5S. The highest BCUT2D eigenvalue weighted by Crippen LogP contribution is 2.24. The van der Waals surface area contributed by atoms with E-state index in [2.05, 4.69) is 20.3 Å². The smallest absolute Gasteiger partial charge is 0.323 e. The second-order valence-electron chi connectivity index (χ2n) is 11.5. The average molecular weight is 655 g/mol. The number of nitrogens with zero attached hydrogens (tertiary/aromatic N) is 3. The van der Waals surface area contributed by atoms with Gasteiger partial charge in [-0.05, 0) is 74.6 Å². The van der Waals surface area contributed by atoms with Gasteiger partial charge in [0.1, 0.15) is 11.9 Å². The minimum absolute atomic E-state index is 0.0288. The van der Waals surface area contributed by atoms with E-state index in [4.69, 9.17) is 5.10 Å². The van der Waals surface area contributed by atoms with Gasteiger partial charge in [0.2, 0.25) is 10.0 Å². The third-order valence-corrected chi connectivity index (χ3v) is 9.54. The number of pyridine rings is 1. The first-order valence-corrected chi connectivity index (χ1v) is 16.8. The number of aromatic nitrogens is 3. The van der Waals surface area contributed by atoms with E-state index in [9.17, 15) is 23.1 Å². The monoisotopic (exact) mass is 654 g/mol. The highest BCUT2D eigenvalue weighted by molar-refractivity contribution is 7.89. The van der Waals surface area contributed by atoms with Gasteiger partial charge in [-0.3, -0.25) is 14.3 Å². The van der Waals surface area contributed by atoms with E-state index < -0.39 is 34.5 Å². The Bertz CT molecular complexity index is 1970. The van der Waals surface area contributed by atoms with Gasteiger partial charge in [0.05, 0.1) is 22.7 Å². The summed E-state index contributed by atoms with van der Waals surface area (Å²) in [6, 6.07) is 22.7. The Morgan fingerprint density at radius 2 is 1.66 bits per heavy atom. The lowest BCUT2D eigenvalue weighted by atomic mass is 10.1. The summed E-state index contributed by atoms with van der Waals surface area (Å²) in [6.45, 7) is 5.93. The highest BCUT2D eigenvalue weighted by atomic mass is 32.2. The quantitative estimate of drug-likeness (QED) is 0.127. The van der Waals surface area contributed by atoms with E-state index in [1.165, 1.54) is 0 Å². The number of rotatable bonds is 14. The van der Waals surface area contributed by atoms with Crippen molar-refractivity contribution in [1.29, 1.82) is 0 Å². The van der Waals surface area contributed by atoms with Gasteiger partial charge in [0.15, 0.2) is 0 Å². The van der Waals surface area contributed by atoms with Crippen LogP contribution in [0, 0.1) is 20.8 Å². The predicted molar refractivity (Wildman–Crippen MR) is 181 cm³/mol. The van der Waals surface area contributed by atoms with Crippen molar-refractivity contribution in [2.24, 2.45) is 0 Å². The van der Waals surface area contributed by atoms with E-state index in [0.717, 1.165) is 40.0 Å². The van der Waals surface area contributed by atoms with Crippen molar-refractivity contribution in [3.63, 3.8) is 0 Å². The van der Waals surface area contributed by atoms with E-state index in [1.54, 1.807) is 44.3 Å². The average Bonchev–Trinajstić information content (AvgIpc) is 3.37. The molecule has 47 heavy (non-hydrogen) atoms. The number of fused-ring (bicyclic) bond motifs is 1. The maximum absolute atomic E-state index is 13.3. The molecule has 4 N–H and O–H groups in total. The molecule has 0 fully saturated rings. The number of hydrogen-bond acceptors (Lipinski definition) is 7. The van der Waals surface area contributed by atoms with Crippen molar-refractivity contribution < 1.29 is 23.1 Å². The Morgan fingerprint density at radius 1 is 0.936 bits per heavy atom. The summed E-state index contributed by atoms with van der Waals surface area (Å²) in [4.78, 5) is 29.7. The first-order chi connectivity index (χ1) is 22.5. The zero-order valence-corrected chi connectivity index (χ0v) is 27.3. The maximum atomic E-state index is 13.3. The second-order valence-corrected chi connectivity index (χ2v) is 13.2. The summed E-state index contributed by atoms with van der Waals surface area (Å²) in [5, 5.41) is 21.6. The van der Waals surface area contributed by atoms with Crippen LogP contribution in [-0.4, -0.2) is 59.3 Å². The molecule has 0 aliphatic heterocycles. The van der Waals surface area contributed by atoms with Crippen molar-refractivity contribution >= 4 is 38.6 Å². The van der Waals surface area contributed by atoms with Crippen molar-refractivity contribution in [2.75, 3.05) is 18.4 Å². The van der Waals surface area contributed by atoms with Crippen LogP contribution in [0.15, 0.2) is 90.0 Å². The number of anilines is 1. The van der Waals surface area contributed by atoms with Gasteiger partial charge in [-0.2, -0.15) is 9.82 Å². The first kappa shape index (κ1) is 33.3. The predicted octanol–water partition coefficient (Wildman–Crippen LogP) is 4.61. The van der Waals surface area contributed by atoms with Crippen LogP contribution in [0.3, 0.4) is 0 Å². The number of carbonyl (C=O) groups is 2. The van der Waals surface area contributed by atoms with Crippen LogP contribution >= 0.6 is 0 Å². The number of carbonyl (C=O) groups excluding carboxylic acids is 1. The molecule has 11 nitrogen and oxygen atoms in total. The fourth-order valence-electron chi connectivity index (χ4n) is 5.70. The Morgan fingerprint density at radius 3 is 2.34 bits per heavy atom. The van der Waals surface area contributed by atoms with E-state index in [-0.39, 0.29) is 4.90 Å². The molecule has 3 aromatic carbocycles. The molecule has 12 heteroatoms. The van der Waals surface area contributed by atoms with E-state index >= 15 is 0 Å². The molecule has 0 saturated heterocycles. The van der Waals surface area contributed by atoms with Crippen LogP contribution < -0.4 is 15.4 Å². The molecule has 0 aliphatic carbocycles. The van der Waals surface area contributed by atoms with E-state index in [0.29, 0.717) is 36.2 Å². The summed E-state index contributed by atoms with van der Waals surface area (Å²) in [6.07, 6.45) is 3.25. The third kappa shape index (κ3) is 8.21. The number of hydrogen-bond donors (Lipinski definition) is 4. The van der Waals surface area contributed by atoms with Crippen LogP contribution in [0.25, 0.3) is 10.9 Å². The maximum Gasteiger partial charge on any atom is 0.323 e. The van der Waals surface area contributed by atoms with Gasteiger partial charge in [-0.15, -0.1) is 0 Å². The van der Waals surface area contributed by atoms with Gasteiger partial charge < -0.3 is 15.7 Å². The van der Waals surface area contributed by atoms with E-state index in [1.807, 2.05) is 66.2 Å². The number of aryl methyl sites for hydroxylation is 4. The number of carboxylic acid groups (broad SMARTS) is 1. The molecule has 0 aliphatic rings. The molecule has 0 radical (unpaired) electrons. The van der Waals surface area contributed by atoms with Crippen LogP contribution in [0.5, 0.6) is 0 Å². The fraction of sp³-hybridized carbons (Fsp3) is 0.257. The van der Waals surface area contributed by atoms with Gasteiger partial charge in [0, 0.05) is 30.2 Å². The fourth-order valence-corrected chi connectivity index (χ4v) is 7.34. The molecule has 1 amide bonds. The van der Waals surface area contributed by atoms with Crippen LogP contribution in [-0.2, 0) is 27.8 Å². The number of sulfonamides is 1. The summed E-state index contributed by atoms with van der Waals surface area (Å²) < 4.78 is 30.5. The third-order valence-electron chi connectivity index (χ3n) is 7.76. The topological polar surface area (TPSA) is 155 Å². The molecule has 0 unspecified atom stereocenters. The molecule has 0 saturated carbocycles. The number of carboxylic acids is 1. The van der Waals surface area contributed by atoms with Gasteiger partial charge >= 0.3 is 5.97 Å². The molecule has 0 bridgehead atoms. The minimum atomic E-state index is -4.18. The van der Waals surface area contributed by atoms with Crippen molar-refractivity contribution in [1.82, 2.24) is 24.8 Å². The molecule has 2 aromatic heterocycles. The zero-order chi connectivity index (χ0) is 33.6. The van der Waals surface area contributed by atoms with Crippen LogP contribution in [0.1, 0.15) is 44.7 Å². The summed E-state index contributed by atoms with van der Waals surface area (Å²) in [5.41, 5.74) is 4.91. The lowest BCUT2D eigenvalue weighted by Crippen LogP contribution is -2.48. The normalized spacial score (nSPS) is 12.1. The van der Waals surface area contributed by atoms with Crippen molar-refractivity contribution in [3.8, 4) is 0 Å². The number of aliphatic carboxylic acids is 1. The highest BCUT2D eigenvalue weighted by Gasteiger charge is 2.28. The molecule has 244 valence electrons. The molecular weight excluding hydrogens is 616 g/mol. The molecule has 5 aromatic rings. The SMILES string of the molecule is Cc1cc(C)c(S(=O)(=O)N[C@@H](CNC(=O)c2ccc3c(CCCNc4ccccn4)nn(Cc4ccccc4)c3c2)C(=O)O)c(C)c1. The lowest BCUT2D eigenvalue weighted by Gasteiger charge is -2.18. The van der Waals surface area contributed by atoms with Gasteiger partial charge in [-0.1, -0.05) is 60.2 Å². The summed E-state index contributed by atoms with van der Waals surface area (Å²) in [7, 11) is -4.18.